The van der Waals surface area contributed by atoms with Crippen molar-refractivity contribution in [3.05, 3.63) is 29.8 Å². The molecule has 1 aromatic carbocycles. The van der Waals surface area contributed by atoms with E-state index in [1.54, 1.807) is 16.8 Å². The van der Waals surface area contributed by atoms with Gasteiger partial charge in [-0.3, -0.25) is 9.69 Å². The number of urea groups is 1. The van der Waals surface area contributed by atoms with Gasteiger partial charge >= 0.3 is 6.03 Å². The zero-order valence-electron chi connectivity index (χ0n) is 15.8. The predicted molar refractivity (Wildman–Crippen MR) is 100 cm³/mol. The monoisotopic (exact) mass is 346 g/mol. The Morgan fingerprint density at radius 2 is 2.04 bits per heavy atom. The van der Waals surface area contributed by atoms with Crippen LogP contribution in [-0.4, -0.2) is 66.9 Å². The van der Waals surface area contributed by atoms with Crippen LogP contribution in [0.25, 0.3) is 0 Å². The van der Waals surface area contributed by atoms with Crippen molar-refractivity contribution >= 4 is 17.6 Å². The van der Waals surface area contributed by atoms with Crippen LogP contribution in [0, 0.1) is 5.92 Å². The molecular weight excluding hydrogens is 316 g/mol. The van der Waals surface area contributed by atoms with E-state index in [2.05, 4.69) is 30.1 Å². The van der Waals surface area contributed by atoms with Crippen molar-refractivity contribution in [3.63, 3.8) is 0 Å². The minimum absolute atomic E-state index is 0.137. The molecule has 1 aromatic rings. The second-order valence-electron chi connectivity index (χ2n) is 6.82. The Bertz CT molecular complexity index is 601. The van der Waals surface area contributed by atoms with Crippen LogP contribution < -0.4 is 5.32 Å². The minimum Gasteiger partial charge on any atom is -0.345 e. The van der Waals surface area contributed by atoms with Crippen molar-refractivity contribution in [2.45, 2.75) is 26.8 Å². The van der Waals surface area contributed by atoms with Crippen LogP contribution in [0.4, 0.5) is 10.5 Å². The highest BCUT2D eigenvalue weighted by atomic mass is 16.2. The third kappa shape index (κ3) is 5.46. The number of likely N-dealkylation sites (tertiary alicyclic amines) is 1. The smallest absolute Gasteiger partial charge is 0.321 e. The number of benzene rings is 1. The van der Waals surface area contributed by atoms with Crippen LogP contribution in [0.15, 0.2) is 24.3 Å². The third-order valence-electron chi connectivity index (χ3n) is 4.78. The molecule has 3 amide bonds. The van der Waals surface area contributed by atoms with Crippen LogP contribution in [0.5, 0.6) is 0 Å². The van der Waals surface area contributed by atoms with Crippen LogP contribution in [0.3, 0.4) is 0 Å². The number of carbonyl (C=O) groups is 2. The molecule has 1 fully saturated rings. The van der Waals surface area contributed by atoms with E-state index in [4.69, 9.17) is 0 Å². The molecule has 1 heterocycles. The van der Waals surface area contributed by atoms with E-state index in [9.17, 15) is 9.59 Å². The normalized spacial score (nSPS) is 17.2. The maximum absolute atomic E-state index is 12.4. The molecule has 1 saturated heterocycles. The number of hydrogen-bond donors (Lipinski definition) is 1. The molecule has 1 N–H and O–H groups in total. The van der Waals surface area contributed by atoms with Crippen molar-refractivity contribution in [1.29, 1.82) is 0 Å². The standard InChI is InChI=1S/C19H30N4O2/c1-5-23(6-2)14-15-8-7-9-17(10-15)20-19(25)22(4)13-16-11-18(24)21(3)12-16/h7-10,16H,5-6,11-14H2,1-4H3,(H,20,25). The highest BCUT2D eigenvalue weighted by molar-refractivity contribution is 5.89. The lowest BCUT2D eigenvalue weighted by atomic mass is 10.1. The van der Waals surface area contributed by atoms with Gasteiger partial charge in [-0.15, -0.1) is 0 Å². The van der Waals surface area contributed by atoms with E-state index >= 15 is 0 Å². The van der Waals surface area contributed by atoms with Crippen LogP contribution >= 0.6 is 0 Å². The molecule has 25 heavy (non-hydrogen) atoms. The molecule has 0 bridgehead atoms. The lowest BCUT2D eigenvalue weighted by Gasteiger charge is -2.22. The third-order valence-corrected chi connectivity index (χ3v) is 4.78. The summed E-state index contributed by atoms with van der Waals surface area (Å²) in [6.45, 7) is 8.49. The summed E-state index contributed by atoms with van der Waals surface area (Å²) in [4.78, 5) is 29.7. The Balaban J connectivity index is 1.90. The largest absolute Gasteiger partial charge is 0.345 e. The van der Waals surface area contributed by atoms with Gasteiger partial charge in [0.1, 0.15) is 0 Å². The van der Waals surface area contributed by atoms with Gasteiger partial charge in [-0.25, -0.2) is 4.79 Å². The molecule has 138 valence electrons. The second kappa shape index (κ2) is 8.85. The Morgan fingerprint density at radius 1 is 1.32 bits per heavy atom. The second-order valence-corrected chi connectivity index (χ2v) is 6.82. The zero-order chi connectivity index (χ0) is 18.4. The first kappa shape index (κ1) is 19.2. The maximum atomic E-state index is 12.4. The quantitative estimate of drug-likeness (QED) is 0.825. The lowest BCUT2D eigenvalue weighted by Crippen LogP contribution is -2.36. The Hall–Kier alpha value is -2.08. The van der Waals surface area contributed by atoms with Crippen molar-refractivity contribution < 1.29 is 9.59 Å². The van der Waals surface area contributed by atoms with Gasteiger partial charge in [0.2, 0.25) is 5.91 Å². The molecule has 0 spiro atoms. The predicted octanol–water partition coefficient (Wildman–Crippen LogP) is 2.47. The molecular formula is C19H30N4O2. The zero-order valence-corrected chi connectivity index (χ0v) is 15.8. The van der Waals surface area contributed by atoms with Crippen molar-refractivity contribution in [1.82, 2.24) is 14.7 Å². The van der Waals surface area contributed by atoms with E-state index < -0.39 is 0 Å². The fraction of sp³-hybridized carbons (Fsp3) is 0.579. The van der Waals surface area contributed by atoms with E-state index in [-0.39, 0.29) is 17.9 Å². The van der Waals surface area contributed by atoms with Crippen molar-refractivity contribution in [2.75, 3.05) is 45.6 Å². The Kier molecular flexibility index (Phi) is 6.82. The fourth-order valence-corrected chi connectivity index (χ4v) is 3.22. The van der Waals surface area contributed by atoms with Crippen molar-refractivity contribution in [3.8, 4) is 0 Å². The summed E-state index contributed by atoms with van der Waals surface area (Å²) in [5.74, 6) is 0.366. The number of carbonyl (C=O) groups excluding carboxylic acids is 2. The number of nitrogens with zero attached hydrogens (tertiary/aromatic N) is 3. The molecule has 0 aromatic heterocycles. The van der Waals surface area contributed by atoms with Crippen molar-refractivity contribution in [2.24, 2.45) is 5.92 Å². The average Bonchev–Trinajstić information content (AvgIpc) is 2.90. The number of rotatable bonds is 7. The average molecular weight is 346 g/mol. The molecule has 6 nitrogen and oxygen atoms in total. The molecule has 2 rings (SSSR count). The summed E-state index contributed by atoms with van der Waals surface area (Å²) in [5, 5.41) is 2.96. The fourth-order valence-electron chi connectivity index (χ4n) is 3.22. The highest BCUT2D eigenvalue weighted by Crippen LogP contribution is 2.18. The molecule has 1 aliphatic rings. The lowest BCUT2D eigenvalue weighted by molar-refractivity contribution is -0.126. The van der Waals surface area contributed by atoms with Gasteiger partial charge in [0.25, 0.3) is 0 Å². The molecule has 0 saturated carbocycles. The van der Waals surface area contributed by atoms with Gasteiger partial charge in [-0.1, -0.05) is 26.0 Å². The topological polar surface area (TPSA) is 55.9 Å². The summed E-state index contributed by atoms with van der Waals surface area (Å²) in [5.41, 5.74) is 1.99. The van der Waals surface area contributed by atoms with E-state index in [0.29, 0.717) is 13.0 Å². The van der Waals surface area contributed by atoms with E-state index in [1.807, 2.05) is 25.2 Å². The highest BCUT2D eigenvalue weighted by Gasteiger charge is 2.28. The van der Waals surface area contributed by atoms with Gasteiger partial charge in [-0.2, -0.15) is 0 Å². The molecule has 0 radical (unpaired) electrons. The van der Waals surface area contributed by atoms with Crippen LogP contribution in [0.2, 0.25) is 0 Å². The first-order valence-corrected chi connectivity index (χ1v) is 9.00. The van der Waals surface area contributed by atoms with Gasteiger partial charge < -0.3 is 15.1 Å². The summed E-state index contributed by atoms with van der Waals surface area (Å²) in [7, 11) is 3.58. The summed E-state index contributed by atoms with van der Waals surface area (Å²) in [6.07, 6.45) is 0.521. The first-order valence-electron chi connectivity index (χ1n) is 9.00. The van der Waals surface area contributed by atoms with Crippen LogP contribution in [-0.2, 0) is 11.3 Å². The van der Waals surface area contributed by atoms with Gasteiger partial charge in [0.15, 0.2) is 0 Å². The van der Waals surface area contributed by atoms with Gasteiger partial charge in [0.05, 0.1) is 0 Å². The molecule has 0 aliphatic carbocycles. The van der Waals surface area contributed by atoms with E-state index in [1.165, 1.54) is 5.56 Å². The number of amides is 3. The molecule has 1 aliphatic heterocycles. The Morgan fingerprint density at radius 3 is 2.64 bits per heavy atom. The molecule has 6 heteroatoms. The number of hydrogen-bond acceptors (Lipinski definition) is 3. The van der Waals surface area contributed by atoms with E-state index in [0.717, 1.165) is 31.9 Å². The summed E-state index contributed by atoms with van der Waals surface area (Å²) < 4.78 is 0. The Labute approximate surface area is 150 Å². The SMILES string of the molecule is CCN(CC)Cc1cccc(NC(=O)N(C)CC2CC(=O)N(C)C2)c1. The minimum atomic E-state index is -0.137. The molecule has 1 unspecified atom stereocenters. The van der Waals surface area contributed by atoms with Crippen LogP contribution in [0.1, 0.15) is 25.8 Å². The summed E-state index contributed by atoms with van der Waals surface area (Å²) >= 11 is 0. The first-order chi connectivity index (χ1) is 11.9. The molecule has 1 atom stereocenters. The van der Waals surface area contributed by atoms with Gasteiger partial charge in [-0.05, 0) is 30.8 Å². The number of anilines is 1. The van der Waals surface area contributed by atoms with Gasteiger partial charge in [0, 0.05) is 51.8 Å². The maximum Gasteiger partial charge on any atom is 0.321 e. The number of nitrogens with one attached hydrogen (secondary N) is 1. The summed E-state index contributed by atoms with van der Waals surface area (Å²) in [6, 6.07) is 7.85.